The molecule has 0 aromatic heterocycles. The predicted molar refractivity (Wildman–Crippen MR) is 92.2 cm³/mol. The summed E-state index contributed by atoms with van der Waals surface area (Å²) in [6.07, 6.45) is 3.49. The molecule has 0 radical (unpaired) electrons. The van der Waals surface area contributed by atoms with Crippen LogP contribution in [0.2, 0.25) is 0 Å². The third kappa shape index (κ3) is 5.12. The van der Waals surface area contributed by atoms with Gasteiger partial charge in [0.2, 0.25) is 0 Å². The molecule has 0 spiro atoms. The Bertz CT molecular complexity index is 406. The first kappa shape index (κ1) is 17.6. The van der Waals surface area contributed by atoms with Gasteiger partial charge in [0.1, 0.15) is 5.75 Å². The van der Waals surface area contributed by atoms with Crippen LogP contribution < -0.4 is 4.74 Å². The lowest BCUT2D eigenvalue weighted by Gasteiger charge is -2.25. The first-order chi connectivity index (χ1) is 9.42. The maximum absolute atomic E-state index is 6.14. The molecule has 1 aromatic rings. The number of rotatable bonds is 7. The van der Waals surface area contributed by atoms with Gasteiger partial charge in [0, 0.05) is 11.2 Å². The van der Waals surface area contributed by atoms with Gasteiger partial charge in [-0.1, -0.05) is 69.1 Å². The number of ether oxygens (including phenoxy) is 1. The number of hydrogen-bond acceptors (Lipinski definition) is 1. The number of aryl methyl sites for hydroxylation is 1. The number of hydrogen-bond donors (Lipinski definition) is 0. The fourth-order valence-electron chi connectivity index (χ4n) is 2.33. The van der Waals surface area contributed by atoms with Crippen LogP contribution in [0.1, 0.15) is 58.6 Å². The SMILES string of the molecule is CCCC(CBr)COc1ccc(CC)cc1C(C)(C)C. The van der Waals surface area contributed by atoms with Crippen LogP contribution in [0.25, 0.3) is 0 Å². The summed E-state index contributed by atoms with van der Waals surface area (Å²) in [6.45, 7) is 12.0. The van der Waals surface area contributed by atoms with Gasteiger partial charge in [-0.15, -0.1) is 0 Å². The topological polar surface area (TPSA) is 9.23 Å². The van der Waals surface area contributed by atoms with Crippen molar-refractivity contribution in [3.8, 4) is 5.75 Å². The van der Waals surface area contributed by atoms with E-state index < -0.39 is 0 Å². The van der Waals surface area contributed by atoms with Gasteiger partial charge < -0.3 is 4.74 Å². The molecule has 0 fully saturated rings. The molecule has 1 atom stereocenters. The molecule has 0 N–H and O–H groups in total. The lowest BCUT2D eigenvalue weighted by Crippen LogP contribution is -2.18. The first-order valence-corrected chi connectivity index (χ1v) is 8.86. The molecule has 0 aliphatic carbocycles. The molecule has 1 rings (SSSR count). The van der Waals surface area contributed by atoms with Gasteiger partial charge in [0.15, 0.2) is 0 Å². The minimum Gasteiger partial charge on any atom is -0.493 e. The lowest BCUT2D eigenvalue weighted by atomic mass is 9.85. The summed E-state index contributed by atoms with van der Waals surface area (Å²) < 4.78 is 6.14. The van der Waals surface area contributed by atoms with Crippen molar-refractivity contribution in [1.29, 1.82) is 0 Å². The third-order valence-electron chi connectivity index (χ3n) is 3.65. The Morgan fingerprint density at radius 2 is 1.90 bits per heavy atom. The van der Waals surface area contributed by atoms with E-state index in [-0.39, 0.29) is 5.41 Å². The van der Waals surface area contributed by atoms with Gasteiger partial charge in [-0.05, 0) is 35.4 Å². The van der Waals surface area contributed by atoms with Gasteiger partial charge >= 0.3 is 0 Å². The number of alkyl halides is 1. The second kappa shape index (κ2) is 8.07. The van der Waals surface area contributed by atoms with Crippen molar-refractivity contribution in [3.05, 3.63) is 29.3 Å². The highest BCUT2D eigenvalue weighted by Crippen LogP contribution is 2.32. The highest BCUT2D eigenvalue weighted by atomic mass is 79.9. The Morgan fingerprint density at radius 3 is 2.40 bits per heavy atom. The quantitative estimate of drug-likeness (QED) is 0.575. The van der Waals surface area contributed by atoms with Crippen LogP contribution in [0.3, 0.4) is 0 Å². The summed E-state index contributed by atoms with van der Waals surface area (Å²) in [5.41, 5.74) is 2.82. The van der Waals surface area contributed by atoms with Gasteiger partial charge in [-0.25, -0.2) is 0 Å². The van der Waals surface area contributed by atoms with Gasteiger partial charge in [-0.3, -0.25) is 0 Å². The van der Waals surface area contributed by atoms with Crippen LogP contribution >= 0.6 is 15.9 Å². The highest BCUT2D eigenvalue weighted by Gasteiger charge is 2.20. The normalized spacial score (nSPS) is 13.3. The van der Waals surface area contributed by atoms with Crippen LogP contribution in [0.5, 0.6) is 5.75 Å². The van der Waals surface area contributed by atoms with Crippen LogP contribution in [-0.2, 0) is 11.8 Å². The van der Waals surface area contributed by atoms with E-state index in [2.05, 4.69) is 68.7 Å². The zero-order chi connectivity index (χ0) is 15.2. The second-order valence-corrected chi connectivity index (χ2v) is 7.20. The van der Waals surface area contributed by atoms with Gasteiger partial charge in [0.05, 0.1) is 6.61 Å². The van der Waals surface area contributed by atoms with E-state index in [1.165, 1.54) is 24.0 Å². The average Bonchev–Trinajstić information content (AvgIpc) is 2.42. The van der Waals surface area contributed by atoms with Crippen molar-refractivity contribution in [1.82, 2.24) is 0 Å². The van der Waals surface area contributed by atoms with E-state index in [1.807, 2.05) is 0 Å². The monoisotopic (exact) mass is 340 g/mol. The molecule has 0 heterocycles. The first-order valence-electron chi connectivity index (χ1n) is 7.74. The largest absolute Gasteiger partial charge is 0.493 e. The fourth-order valence-corrected chi connectivity index (χ4v) is 2.84. The third-order valence-corrected chi connectivity index (χ3v) is 4.57. The number of benzene rings is 1. The zero-order valence-electron chi connectivity index (χ0n) is 13.6. The molecule has 1 unspecified atom stereocenters. The average molecular weight is 341 g/mol. The summed E-state index contributed by atoms with van der Waals surface area (Å²) >= 11 is 3.59. The molecular formula is C18H29BrO. The molecule has 0 amide bonds. The van der Waals surface area contributed by atoms with Crippen LogP contribution in [0.15, 0.2) is 18.2 Å². The van der Waals surface area contributed by atoms with E-state index in [9.17, 15) is 0 Å². The minimum absolute atomic E-state index is 0.120. The van der Waals surface area contributed by atoms with Crippen molar-refractivity contribution in [2.45, 2.75) is 59.3 Å². The van der Waals surface area contributed by atoms with Crippen LogP contribution in [0, 0.1) is 5.92 Å². The van der Waals surface area contributed by atoms with Crippen molar-refractivity contribution in [3.63, 3.8) is 0 Å². The molecule has 0 aliphatic rings. The van der Waals surface area contributed by atoms with E-state index in [4.69, 9.17) is 4.74 Å². The van der Waals surface area contributed by atoms with E-state index in [0.717, 1.165) is 24.1 Å². The van der Waals surface area contributed by atoms with Crippen molar-refractivity contribution < 1.29 is 4.74 Å². The Balaban J connectivity index is 2.88. The smallest absolute Gasteiger partial charge is 0.123 e. The van der Waals surface area contributed by atoms with Crippen molar-refractivity contribution in [2.75, 3.05) is 11.9 Å². The van der Waals surface area contributed by atoms with Crippen LogP contribution in [-0.4, -0.2) is 11.9 Å². The van der Waals surface area contributed by atoms with Crippen molar-refractivity contribution >= 4 is 15.9 Å². The van der Waals surface area contributed by atoms with E-state index >= 15 is 0 Å². The molecule has 2 heteroatoms. The lowest BCUT2D eigenvalue weighted by molar-refractivity contribution is 0.250. The molecule has 1 aromatic carbocycles. The highest BCUT2D eigenvalue weighted by molar-refractivity contribution is 9.09. The summed E-state index contributed by atoms with van der Waals surface area (Å²) in [7, 11) is 0. The number of halogens is 1. The standard InChI is InChI=1S/C18H29BrO/c1-6-8-15(12-19)13-20-17-10-9-14(7-2)11-16(17)18(3,4)5/h9-11,15H,6-8,12-13H2,1-5H3. The minimum atomic E-state index is 0.120. The summed E-state index contributed by atoms with van der Waals surface area (Å²) in [4.78, 5) is 0. The molecule has 0 saturated carbocycles. The van der Waals surface area contributed by atoms with E-state index in [0.29, 0.717) is 5.92 Å². The molecule has 20 heavy (non-hydrogen) atoms. The molecule has 0 aliphatic heterocycles. The van der Waals surface area contributed by atoms with Crippen molar-refractivity contribution in [2.24, 2.45) is 5.92 Å². The summed E-state index contributed by atoms with van der Waals surface area (Å²) in [5.74, 6) is 1.65. The summed E-state index contributed by atoms with van der Waals surface area (Å²) in [5, 5.41) is 1.01. The Morgan fingerprint density at radius 1 is 1.20 bits per heavy atom. The fraction of sp³-hybridized carbons (Fsp3) is 0.667. The van der Waals surface area contributed by atoms with Crippen LogP contribution in [0.4, 0.5) is 0 Å². The maximum Gasteiger partial charge on any atom is 0.123 e. The second-order valence-electron chi connectivity index (χ2n) is 6.55. The predicted octanol–water partition coefficient (Wildman–Crippen LogP) is 5.74. The Labute approximate surface area is 133 Å². The van der Waals surface area contributed by atoms with Gasteiger partial charge in [0.25, 0.3) is 0 Å². The zero-order valence-corrected chi connectivity index (χ0v) is 15.2. The Kier molecular flexibility index (Phi) is 7.08. The molecular weight excluding hydrogens is 312 g/mol. The summed E-state index contributed by atoms with van der Waals surface area (Å²) in [6, 6.07) is 6.64. The molecule has 0 bridgehead atoms. The maximum atomic E-state index is 6.14. The van der Waals surface area contributed by atoms with E-state index in [1.54, 1.807) is 0 Å². The molecule has 1 nitrogen and oxygen atoms in total. The molecule has 114 valence electrons. The Hall–Kier alpha value is -0.500. The van der Waals surface area contributed by atoms with Gasteiger partial charge in [-0.2, -0.15) is 0 Å². The molecule has 0 saturated heterocycles.